The highest BCUT2D eigenvalue weighted by molar-refractivity contribution is 6.17. The highest BCUT2D eigenvalue weighted by atomic mass is 16.3. The van der Waals surface area contributed by atoms with E-state index in [1.165, 1.54) is 12.2 Å². The van der Waals surface area contributed by atoms with Gasteiger partial charge in [-0.2, -0.15) is 0 Å². The summed E-state index contributed by atoms with van der Waals surface area (Å²) in [6.45, 7) is 0.132. The van der Waals surface area contributed by atoms with E-state index in [0.717, 1.165) is 0 Å². The van der Waals surface area contributed by atoms with Crippen molar-refractivity contribution in [3.8, 4) is 0 Å². The molecule has 5 nitrogen and oxygen atoms in total. The molecule has 1 heterocycles. The molecule has 1 aliphatic carbocycles. The molecule has 66 valence electrons. The van der Waals surface area contributed by atoms with Crippen LogP contribution in [0.15, 0.2) is 23.4 Å². The lowest BCUT2D eigenvalue weighted by molar-refractivity contribution is -0.592. The molecule has 5 heteroatoms. The third kappa shape index (κ3) is 1.28. The fourth-order valence-electron chi connectivity index (χ4n) is 1.36. The SMILES string of the molecule is O=C1C=C2N[N+](=O)CC=C2C(=O)C1. The van der Waals surface area contributed by atoms with E-state index < -0.39 is 0 Å². The van der Waals surface area contributed by atoms with Crippen molar-refractivity contribution in [2.45, 2.75) is 6.42 Å². The third-order valence-corrected chi connectivity index (χ3v) is 1.94. The van der Waals surface area contributed by atoms with Crippen LogP contribution in [-0.2, 0) is 9.59 Å². The molecule has 0 spiro atoms. The molecular formula is C8H7N2O3+. The minimum Gasteiger partial charge on any atom is -0.294 e. The minimum absolute atomic E-state index is 0.0874. The number of carbonyl (C=O) groups excluding carboxylic acids is 2. The Morgan fingerprint density at radius 2 is 2.15 bits per heavy atom. The van der Waals surface area contributed by atoms with Crippen molar-refractivity contribution in [3.05, 3.63) is 28.3 Å². The fourth-order valence-corrected chi connectivity index (χ4v) is 1.36. The Bertz CT molecular complexity index is 379. The fraction of sp³-hybridized carbons (Fsp3) is 0.250. The molecule has 0 unspecified atom stereocenters. The highest BCUT2D eigenvalue weighted by Gasteiger charge is 2.30. The van der Waals surface area contributed by atoms with Gasteiger partial charge in [-0.3, -0.25) is 9.59 Å². The Hall–Kier alpha value is -1.78. The first-order valence-electron chi connectivity index (χ1n) is 3.86. The Labute approximate surface area is 73.7 Å². The van der Waals surface area contributed by atoms with Gasteiger partial charge in [-0.15, -0.1) is 5.43 Å². The first kappa shape index (κ1) is 7.85. The van der Waals surface area contributed by atoms with Crippen LogP contribution >= 0.6 is 0 Å². The zero-order valence-electron chi connectivity index (χ0n) is 6.74. The van der Waals surface area contributed by atoms with E-state index in [-0.39, 0.29) is 24.5 Å². The van der Waals surface area contributed by atoms with Gasteiger partial charge in [0.1, 0.15) is 10.6 Å². The number of Topliss-reactive ketones (excluding diaryl/α,β-unsaturated/α-hetero) is 1. The van der Waals surface area contributed by atoms with Crippen LogP contribution in [0.1, 0.15) is 6.42 Å². The van der Waals surface area contributed by atoms with Crippen LogP contribution in [0, 0.1) is 4.91 Å². The maximum Gasteiger partial charge on any atom is 0.244 e. The van der Waals surface area contributed by atoms with Gasteiger partial charge in [0.15, 0.2) is 11.6 Å². The van der Waals surface area contributed by atoms with Gasteiger partial charge in [-0.25, -0.2) is 0 Å². The first-order valence-corrected chi connectivity index (χ1v) is 3.86. The normalized spacial score (nSPS) is 21.7. The number of hydrogen-bond donors (Lipinski definition) is 1. The van der Waals surface area contributed by atoms with E-state index in [4.69, 9.17) is 0 Å². The largest absolute Gasteiger partial charge is 0.294 e. The van der Waals surface area contributed by atoms with Crippen LogP contribution in [0.3, 0.4) is 0 Å². The molecule has 0 radical (unpaired) electrons. The lowest BCUT2D eigenvalue weighted by atomic mass is 9.95. The molecule has 1 aliphatic heterocycles. The smallest absolute Gasteiger partial charge is 0.244 e. The number of fused-ring (bicyclic) bond motifs is 1. The Kier molecular flexibility index (Phi) is 1.58. The first-order chi connectivity index (χ1) is 6.16. The summed E-state index contributed by atoms with van der Waals surface area (Å²) < 4.78 is 0. The van der Waals surface area contributed by atoms with Crippen molar-refractivity contribution in [2.75, 3.05) is 6.54 Å². The van der Waals surface area contributed by atoms with Crippen LogP contribution in [0.4, 0.5) is 0 Å². The van der Waals surface area contributed by atoms with E-state index >= 15 is 0 Å². The summed E-state index contributed by atoms with van der Waals surface area (Å²) in [5.41, 5.74) is 3.18. The Morgan fingerprint density at radius 1 is 1.38 bits per heavy atom. The molecule has 0 saturated heterocycles. The summed E-state index contributed by atoms with van der Waals surface area (Å²) in [6.07, 6.45) is 2.73. The molecule has 0 fully saturated rings. The Morgan fingerprint density at radius 3 is 2.92 bits per heavy atom. The summed E-state index contributed by atoms with van der Waals surface area (Å²) >= 11 is 0. The molecule has 0 aromatic carbocycles. The molecule has 2 rings (SSSR count). The summed E-state index contributed by atoms with van der Waals surface area (Å²) in [7, 11) is 0. The summed E-state index contributed by atoms with van der Waals surface area (Å²) in [5, 5.41) is 0. The second kappa shape index (κ2) is 2.62. The van der Waals surface area contributed by atoms with Gasteiger partial charge in [0, 0.05) is 17.7 Å². The van der Waals surface area contributed by atoms with Crippen molar-refractivity contribution in [2.24, 2.45) is 0 Å². The summed E-state index contributed by atoms with van der Waals surface area (Å²) in [6, 6.07) is 0. The van der Waals surface area contributed by atoms with Crippen molar-refractivity contribution >= 4 is 11.6 Å². The van der Waals surface area contributed by atoms with Crippen molar-refractivity contribution in [1.29, 1.82) is 0 Å². The van der Waals surface area contributed by atoms with E-state index in [0.29, 0.717) is 16.1 Å². The minimum atomic E-state index is -0.264. The number of nitrogens with zero attached hydrogens (tertiary/aromatic N) is 1. The van der Waals surface area contributed by atoms with Gasteiger partial charge in [0.2, 0.25) is 6.54 Å². The average molecular weight is 179 g/mol. The van der Waals surface area contributed by atoms with E-state index in [9.17, 15) is 14.5 Å². The standard InChI is InChI=1S/C8H6N2O3/c11-5-3-7-6(8(12)4-5)1-2-10(13)9-7/h1,3H,2,4H2/p+1. The van der Waals surface area contributed by atoms with Crippen LogP contribution in [0.2, 0.25) is 0 Å². The number of allylic oxidation sites excluding steroid dienone is 2. The zero-order valence-corrected chi connectivity index (χ0v) is 6.74. The molecule has 0 aromatic heterocycles. The lowest BCUT2D eigenvalue weighted by Gasteiger charge is -2.14. The second-order valence-electron chi connectivity index (χ2n) is 2.91. The lowest BCUT2D eigenvalue weighted by Crippen LogP contribution is -2.36. The average Bonchev–Trinajstić information content (AvgIpc) is 2.02. The topological polar surface area (TPSA) is 66.2 Å². The van der Waals surface area contributed by atoms with E-state index in [1.54, 1.807) is 0 Å². The van der Waals surface area contributed by atoms with Crippen LogP contribution in [0.5, 0.6) is 0 Å². The van der Waals surface area contributed by atoms with Crippen molar-refractivity contribution in [3.63, 3.8) is 0 Å². The molecule has 0 aromatic rings. The van der Waals surface area contributed by atoms with Crippen molar-refractivity contribution in [1.82, 2.24) is 5.43 Å². The van der Waals surface area contributed by atoms with Gasteiger partial charge in [0.05, 0.1) is 11.3 Å². The van der Waals surface area contributed by atoms with Crippen LogP contribution < -0.4 is 5.43 Å². The molecule has 13 heavy (non-hydrogen) atoms. The molecule has 0 atom stereocenters. The third-order valence-electron chi connectivity index (χ3n) is 1.94. The van der Waals surface area contributed by atoms with Gasteiger partial charge in [-0.1, -0.05) is 0 Å². The number of rotatable bonds is 0. The summed E-state index contributed by atoms with van der Waals surface area (Å²) in [5.74, 6) is -0.483. The second-order valence-corrected chi connectivity index (χ2v) is 2.91. The van der Waals surface area contributed by atoms with E-state index in [1.807, 2.05) is 0 Å². The van der Waals surface area contributed by atoms with Crippen molar-refractivity contribution < 1.29 is 14.5 Å². The molecule has 0 amide bonds. The molecule has 1 N–H and O–H groups in total. The monoisotopic (exact) mass is 179 g/mol. The zero-order chi connectivity index (χ0) is 9.42. The van der Waals surface area contributed by atoms with Gasteiger partial charge < -0.3 is 0 Å². The molecule has 2 aliphatic rings. The number of nitrogens with one attached hydrogen (secondary N) is 1. The maximum atomic E-state index is 11.3. The molecule has 0 saturated carbocycles. The number of nitroso groups, excluding NO2 is 1. The maximum absolute atomic E-state index is 11.3. The predicted molar refractivity (Wildman–Crippen MR) is 42.4 cm³/mol. The number of hydrogen-bond acceptors (Lipinski definition) is 3. The summed E-state index contributed by atoms with van der Waals surface area (Å²) in [4.78, 5) is 33.6. The molecular weight excluding hydrogens is 172 g/mol. The number of ketones is 2. The van der Waals surface area contributed by atoms with E-state index in [2.05, 4.69) is 5.43 Å². The van der Waals surface area contributed by atoms with Gasteiger partial charge in [-0.05, 0) is 0 Å². The Balaban J connectivity index is 2.46. The predicted octanol–water partition coefficient (Wildman–Crippen LogP) is -0.364. The van der Waals surface area contributed by atoms with Gasteiger partial charge in [0.25, 0.3) is 0 Å². The number of hydrazine groups is 1. The number of carbonyl (C=O) groups is 2. The highest BCUT2D eigenvalue weighted by Crippen LogP contribution is 2.18. The van der Waals surface area contributed by atoms with Crippen LogP contribution in [-0.4, -0.2) is 23.0 Å². The quantitative estimate of drug-likeness (QED) is 0.407. The van der Waals surface area contributed by atoms with Gasteiger partial charge >= 0.3 is 0 Å². The molecule has 0 bridgehead atoms. The van der Waals surface area contributed by atoms with Crippen LogP contribution in [0.25, 0.3) is 0 Å².